The van der Waals surface area contributed by atoms with E-state index in [0.29, 0.717) is 25.7 Å². The van der Waals surface area contributed by atoms with Crippen LogP contribution < -0.4 is 22.5 Å². The lowest BCUT2D eigenvalue weighted by atomic mass is 10.2. The van der Waals surface area contributed by atoms with E-state index in [1.807, 2.05) is 10.9 Å². The third-order valence-corrected chi connectivity index (χ3v) is 4.20. The minimum atomic E-state index is -1.28. The second-order valence-corrected chi connectivity index (χ2v) is 5.50. The van der Waals surface area contributed by atoms with Gasteiger partial charge in [0.05, 0.1) is 0 Å². The Morgan fingerprint density at radius 1 is 0.846 bits per heavy atom. The summed E-state index contributed by atoms with van der Waals surface area (Å²) in [4.78, 5) is 22.6. The van der Waals surface area contributed by atoms with Gasteiger partial charge in [0.25, 0.3) is 23.4 Å². The highest BCUT2D eigenvalue weighted by atomic mass is 16.8. The van der Waals surface area contributed by atoms with Gasteiger partial charge in [-0.1, -0.05) is 0 Å². The Labute approximate surface area is 151 Å². The maximum atomic E-state index is 11.3. The summed E-state index contributed by atoms with van der Waals surface area (Å²) >= 11 is 0. The Hall–Kier alpha value is -1.38. The number of carbonyl (C=O) groups is 2. The van der Waals surface area contributed by atoms with Crippen LogP contribution in [0.2, 0.25) is 0 Å². The minimum Gasteiger partial charge on any atom is -0.356 e. The van der Waals surface area contributed by atoms with Gasteiger partial charge in [-0.2, -0.15) is 0 Å². The van der Waals surface area contributed by atoms with E-state index in [9.17, 15) is 9.59 Å². The van der Waals surface area contributed by atoms with Crippen LogP contribution in [0.3, 0.4) is 0 Å². The zero-order chi connectivity index (χ0) is 19.8. The van der Waals surface area contributed by atoms with E-state index in [4.69, 9.17) is 40.1 Å². The molecule has 152 valence electrons. The van der Waals surface area contributed by atoms with Gasteiger partial charge in [0.15, 0.2) is 12.6 Å². The van der Waals surface area contributed by atoms with Crippen molar-refractivity contribution in [3.63, 3.8) is 0 Å². The highest BCUT2D eigenvalue weighted by Crippen LogP contribution is 2.32. The Kier molecular flexibility index (Phi) is 8.79. The normalized spacial score (nSPS) is 33.3. The zero-order valence-electron chi connectivity index (χ0n) is 15.4. The number of amides is 2. The van der Waals surface area contributed by atoms with Gasteiger partial charge in [-0.25, -0.2) is 11.7 Å². The topological polar surface area (TPSA) is 166 Å². The number of rotatable bonds is 6. The average Bonchev–Trinajstić information content (AvgIpc) is 3.32. The third kappa shape index (κ3) is 4.86. The number of hydrogen-bond acceptors (Lipinski definition) is 10. The number of hydrogen-bond donors (Lipinski definition) is 4. The highest BCUT2D eigenvalue weighted by molar-refractivity contribution is 5.83. The van der Waals surface area contributed by atoms with Crippen molar-refractivity contribution >= 4 is 11.8 Å². The number of methoxy groups -OCH3 is 4. The number of carbonyl (C=O) groups excluding carboxylic acids is 2. The summed E-state index contributed by atoms with van der Waals surface area (Å²) in [6.07, 6.45) is 1.28. The molecule has 0 aliphatic carbocycles. The second-order valence-electron chi connectivity index (χ2n) is 5.50. The van der Waals surface area contributed by atoms with Crippen molar-refractivity contribution in [1.82, 2.24) is 10.9 Å². The molecule has 2 aliphatic rings. The van der Waals surface area contributed by atoms with Gasteiger partial charge in [-0.15, -0.1) is 0 Å². The molecular weight excluding hydrogens is 352 g/mol. The van der Waals surface area contributed by atoms with E-state index in [-0.39, 0.29) is 0 Å². The summed E-state index contributed by atoms with van der Waals surface area (Å²) in [7, 11) is 5.81. The molecule has 12 heteroatoms. The molecular formula is C14H28N4O8. The van der Waals surface area contributed by atoms with E-state index >= 15 is 0 Å². The summed E-state index contributed by atoms with van der Waals surface area (Å²) in [5, 5.41) is 0. The van der Waals surface area contributed by atoms with E-state index in [1.165, 1.54) is 28.4 Å². The van der Waals surface area contributed by atoms with E-state index in [0.717, 1.165) is 0 Å². The fourth-order valence-electron chi connectivity index (χ4n) is 2.65. The van der Waals surface area contributed by atoms with Gasteiger partial charge in [0.1, 0.15) is 0 Å². The van der Waals surface area contributed by atoms with Crippen LogP contribution in [0.5, 0.6) is 0 Å². The first-order valence-corrected chi connectivity index (χ1v) is 7.90. The predicted octanol–water partition coefficient (Wildman–Crippen LogP) is -1.80. The lowest BCUT2D eigenvalue weighted by Crippen LogP contribution is -2.50. The van der Waals surface area contributed by atoms with Gasteiger partial charge in [-0.05, 0) is 0 Å². The Morgan fingerprint density at radius 2 is 1.19 bits per heavy atom. The third-order valence-electron chi connectivity index (χ3n) is 4.20. The first-order chi connectivity index (χ1) is 12.4. The van der Waals surface area contributed by atoms with Crippen molar-refractivity contribution in [2.24, 2.45) is 11.7 Å². The highest BCUT2D eigenvalue weighted by Gasteiger charge is 2.48. The molecule has 0 aromatic carbocycles. The molecule has 4 atom stereocenters. The molecule has 2 rings (SSSR count). The zero-order valence-corrected chi connectivity index (χ0v) is 15.4. The molecule has 2 saturated heterocycles. The van der Waals surface area contributed by atoms with Crippen LogP contribution in [0.4, 0.5) is 0 Å². The lowest BCUT2D eigenvalue weighted by Gasteiger charge is -2.24. The Bertz CT molecular complexity index is 440. The first kappa shape index (κ1) is 22.7. The Balaban J connectivity index is 0.000000260. The molecule has 0 bridgehead atoms. The van der Waals surface area contributed by atoms with Crippen LogP contribution >= 0.6 is 0 Å². The van der Waals surface area contributed by atoms with Crippen molar-refractivity contribution in [2.75, 3.05) is 28.4 Å². The summed E-state index contributed by atoms with van der Waals surface area (Å²) in [6, 6.07) is 0. The van der Waals surface area contributed by atoms with Crippen molar-refractivity contribution in [3.8, 4) is 0 Å². The second kappa shape index (κ2) is 10.1. The van der Waals surface area contributed by atoms with Gasteiger partial charge >= 0.3 is 0 Å². The van der Waals surface area contributed by atoms with Gasteiger partial charge in [0, 0.05) is 54.1 Å². The Morgan fingerprint density at radius 3 is 1.38 bits per heavy atom. The van der Waals surface area contributed by atoms with Crippen molar-refractivity contribution in [2.45, 2.75) is 49.8 Å². The molecule has 12 nitrogen and oxygen atoms in total. The smallest absolute Gasteiger partial charge is 0.294 e. The number of nitrogens with one attached hydrogen (secondary N) is 2. The predicted molar refractivity (Wildman–Crippen MR) is 86.4 cm³/mol. The van der Waals surface area contributed by atoms with Crippen LogP contribution in [-0.4, -0.2) is 64.4 Å². The van der Waals surface area contributed by atoms with Crippen molar-refractivity contribution < 1.29 is 38.0 Å². The number of hydrazine groups is 2. The summed E-state index contributed by atoms with van der Waals surface area (Å²) < 4.78 is 30.4. The molecule has 0 aromatic heterocycles. The summed E-state index contributed by atoms with van der Waals surface area (Å²) in [5.74, 6) is 6.45. The summed E-state index contributed by atoms with van der Waals surface area (Å²) in [5.41, 5.74) is 4.00. The fraction of sp³-hybridized carbons (Fsp3) is 0.857. The van der Waals surface area contributed by atoms with E-state index < -0.39 is 36.0 Å². The molecule has 0 aromatic rings. The molecule has 4 unspecified atom stereocenters. The molecule has 26 heavy (non-hydrogen) atoms. The summed E-state index contributed by atoms with van der Waals surface area (Å²) in [6.45, 7) is 0. The van der Waals surface area contributed by atoms with Crippen LogP contribution in [0, 0.1) is 0 Å². The van der Waals surface area contributed by atoms with Crippen LogP contribution in [0.25, 0.3) is 0 Å². The average molecular weight is 380 g/mol. The van der Waals surface area contributed by atoms with Gasteiger partial charge in [-0.3, -0.25) is 20.4 Å². The molecule has 0 radical (unpaired) electrons. The molecule has 2 fully saturated rings. The largest absolute Gasteiger partial charge is 0.356 e. The van der Waals surface area contributed by atoms with Crippen LogP contribution in [0.15, 0.2) is 0 Å². The number of ether oxygens (including phenoxy) is 6. The maximum Gasteiger partial charge on any atom is 0.294 e. The fourth-order valence-corrected chi connectivity index (χ4v) is 2.65. The van der Waals surface area contributed by atoms with Crippen LogP contribution in [0.1, 0.15) is 25.7 Å². The molecule has 2 heterocycles. The molecule has 6 N–H and O–H groups in total. The molecule has 2 amide bonds. The van der Waals surface area contributed by atoms with Crippen molar-refractivity contribution in [3.05, 3.63) is 0 Å². The monoisotopic (exact) mass is 380 g/mol. The SMILES string of the molecule is COC1CCC(OC)(C(=O)NN)O1.COC1CCC(OC)(C(=O)NN)O1. The minimum absolute atomic E-state index is 0.405. The van der Waals surface area contributed by atoms with Gasteiger partial charge in [0.2, 0.25) is 0 Å². The van der Waals surface area contributed by atoms with E-state index in [1.54, 1.807) is 0 Å². The maximum absolute atomic E-state index is 11.3. The number of nitrogens with two attached hydrogens (primary N) is 2. The molecule has 0 saturated carbocycles. The van der Waals surface area contributed by atoms with Crippen LogP contribution in [-0.2, 0) is 38.0 Å². The van der Waals surface area contributed by atoms with E-state index in [2.05, 4.69) is 0 Å². The quantitative estimate of drug-likeness (QED) is 0.235. The van der Waals surface area contributed by atoms with Gasteiger partial charge < -0.3 is 28.4 Å². The lowest BCUT2D eigenvalue weighted by molar-refractivity contribution is -0.247. The molecule has 2 aliphatic heterocycles. The standard InChI is InChI=1S/2C7H14N2O4/c2*1-11-5-3-4-7(12-2,13-5)6(10)9-8/h2*5H,3-4,8H2,1-2H3,(H,9,10). The first-order valence-electron chi connectivity index (χ1n) is 7.90. The molecule has 0 spiro atoms. The van der Waals surface area contributed by atoms with Crippen molar-refractivity contribution in [1.29, 1.82) is 0 Å².